The van der Waals surface area contributed by atoms with E-state index >= 15 is 0 Å². The first kappa shape index (κ1) is 13.7. The number of nitrogens with one attached hydrogen (secondary N) is 1. The molecule has 0 bridgehead atoms. The third-order valence-corrected chi connectivity index (χ3v) is 3.34. The van der Waals surface area contributed by atoms with Crippen molar-refractivity contribution in [2.75, 3.05) is 11.1 Å². The van der Waals surface area contributed by atoms with Crippen molar-refractivity contribution in [1.82, 2.24) is 9.97 Å². The van der Waals surface area contributed by atoms with Gasteiger partial charge in [-0.05, 0) is 47.5 Å². The van der Waals surface area contributed by atoms with Crippen molar-refractivity contribution >= 4 is 27.4 Å². The Labute approximate surface area is 119 Å². The number of nitrogens with two attached hydrogens (primary N) is 1. The molecule has 0 spiro atoms. The fourth-order valence-electron chi connectivity index (χ4n) is 1.69. The number of nitrogens with zero attached hydrogens (tertiary/aromatic N) is 2. The maximum absolute atomic E-state index is 13.4. The molecule has 0 saturated carbocycles. The Morgan fingerprint density at radius 2 is 2.05 bits per heavy atom. The summed E-state index contributed by atoms with van der Waals surface area (Å²) in [5.74, 6) is 0.937. The Balaban J connectivity index is 2.16. The van der Waals surface area contributed by atoms with Crippen molar-refractivity contribution < 1.29 is 4.39 Å². The normalized spacial score (nSPS) is 10.5. The summed E-state index contributed by atoms with van der Waals surface area (Å²) in [6.07, 6.45) is 0. The molecule has 2 rings (SSSR count). The molecule has 0 radical (unpaired) electrons. The molecule has 6 heteroatoms. The van der Waals surface area contributed by atoms with Gasteiger partial charge in [0, 0.05) is 6.54 Å². The van der Waals surface area contributed by atoms with Gasteiger partial charge in [-0.3, -0.25) is 0 Å². The van der Waals surface area contributed by atoms with Crippen LogP contribution in [0.15, 0.2) is 22.7 Å². The van der Waals surface area contributed by atoms with Crippen molar-refractivity contribution in [1.29, 1.82) is 0 Å². The molecule has 0 aliphatic carbocycles. The van der Waals surface area contributed by atoms with E-state index in [2.05, 4.69) is 31.2 Å². The van der Waals surface area contributed by atoms with Crippen LogP contribution in [0.3, 0.4) is 0 Å². The van der Waals surface area contributed by atoms with E-state index in [4.69, 9.17) is 5.73 Å². The maximum Gasteiger partial charge on any atom is 0.153 e. The highest BCUT2D eigenvalue weighted by atomic mass is 79.9. The molecule has 0 saturated heterocycles. The highest BCUT2D eigenvalue weighted by Crippen LogP contribution is 2.20. The monoisotopic (exact) mass is 324 g/mol. The van der Waals surface area contributed by atoms with Gasteiger partial charge in [0.2, 0.25) is 0 Å². The molecule has 0 fully saturated rings. The van der Waals surface area contributed by atoms with Crippen LogP contribution in [0.2, 0.25) is 0 Å². The maximum atomic E-state index is 13.4. The van der Waals surface area contributed by atoms with Gasteiger partial charge in [0.25, 0.3) is 0 Å². The van der Waals surface area contributed by atoms with E-state index in [1.807, 2.05) is 13.0 Å². The smallest absolute Gasteiger partial charge is 0.153 e. The first-order chi connectivity index (χ1) is 8.97. The first-order valence-corrected chi connectivity index (χ1v) is 6.55. The van der Waals surface area contributed by atoms with E-state index < -0.39 is 0 Å². The zero-order chi connectivity index (χ0) is 14.0. The van der Waals surface area contributed by atoms with E-state index in [0.717, 1.165) is 11.3 Å². The molecule has 0 amide bonds. The summed E-state index contributed by atoms with van der Waals surface area (Å²) in [6, 6.07) is 4.97. The van der Waals surface area contributed by atoms with Gasteiger partial charge in [0.15, 0.2) is 5.82 Å². The minimum Gasteiger partial charge on any atom is -0.394 e. The Bertz CT molecular complexity index is 616. The lowest BCUT2D eigenvalue weighted by atomic mass is 10.2. The zero-order valence-corrected chi connectivity index (χ0v) is 12.3. The third-order valence-electron chi connectivity index (χ3n) is 2.69. The highest BCUT2D eigenvalue weighted by molar-refractivity contribution is 9.10. The predicted octanol–water partition coefficient (Wildman–Crippen LogP) is 3.19. The molecule has 0 unspecified atom stereocenters. The lowest BCUT2D eigenvalue weighted by Gasteiger charge is -2.11. The number of nitrogen functional groups attached to an aromatic ring is 1. The zero-order valence-electron chi connectivity index (χ0n) is 10.7. The van der Waals surface area contributed by atoms with E-state index in [-0.39, 0.29) is 5.82 Å². The van der Waals surface area contributed by atoms with E-state index in [1.54, 1.807) is 13.0 Å². The van der Waals surface area contributed by atoms with Gasteiger partial charge in [-0.1, -0.05) is 6.07 Å². The van der Waals surface area contributed by atoms with E-state index in [1.165, 1.54) is 6.07 Å². The molecule has 3 N–H and O–H groups in total. The summed E-state index contributed by atoms with van der Waals surface area (Å²) in [4.78, 5) is 8.41. The Hall–Kier alpha value is -1.69. The fourth-order valence-corrected chi connectivity index (χ4v) is 1.94. The van der Waals surface area contributed by atoms with E-state index in [9.17, 15) is 4.39 Å². The summed E-state index contributed by atoms with van der Waals surface area (Å²) in [6.45, 7) is 4.08. The quantitative estimate of drug-likeness (QED) is 0.910. The number of hydrogen-bond acceptors (Lipinski definition) is 4. The van der Waals surface area contributed by atoms with Gasteiger partial charge < -0.3 is 11.1 Å². The van der Waals surface area contributed by atoms with Crippen molar-refractivity contribution in [3.05, 3.63) is 45.6 Å². The molecule has 19 heavy (non-hydrogen) atoms. The van der Waals surface area contributed by atoms with Crippen LogP contribution >= 0.6 is 15.9 Å². The molecular formula is C13H14BrFN4. The molecule has 0 aliphatic rings. The van der Waals surface area contributed by atoms with Crippen molar-refractivity contribution in [2.45, 2.75) is 20.4 Å². The van der Waals surface area contributed by atoms with Crippen LogP contribution in [0, 0.1) is 19.7 Å². The lowest BCUT2D eigenvalue weighted by Crippen LogP contribution is -2.08. The molecule has 1 aromatic carbocycles. The average Bonchev–Trinajstić information content (AvgIpc) is 2.36. The number of hydrogen-bond donors (Lipinski definition) is 2. The minimum absolute atomic E-state index is 0.290. The molecule has 2 aromatic rings. The molecule has 0 aliphatic heterocycles. The third kappa shape index (κ3) is 3.20. The summed E-state index contributed by atoms with van der Waals surface area (Å²) in [5, 5.41) is 3.10. The van der Waals surface area contributed by atoms with Gasteiger partial charge >= 0.3 is 0 Å². The Morgan fingerprint density at radius 1 is 1.32 bits per heavy atom. The largest absolute Gasteiger partial charge is 0.394 e. The van der Waals surface area contributed by atoms with Crippen LogP contribution in [-0.2, 0) is 6.54 Å². The molecular weight excluding hydrogens is 311 g/mol. The summed E-state index contributed by atoms with van der Waals surface area (Å²) in [5.41, 5.74) is 7.96. The number of benzene rings is 1. The number of halogens is 2. The lowest BCUT2D eigenvalue weighted by molar-refractivity contribution is 0.619. The Morgan fingerprint density at radius 3 is 2.74 bits per heavy atom. The predicted molar refractivity (Wildman–Crippen MR) is 77.3 cm³/mol. The molecule has 0 atom stereocenters. The second-order valence-electron chi connectivity index (χ2n) is 4.22. The summed E-state index contributed by atoms with van der Waals surface area (Å²) in [7, 11) is 0. The standard InChI is InChI=1S/C13H14BrFN4/c1-7-12(16)13(19-8(2)18-7)17-6-9-3-4-10(14)11(15)5-9/h3-5H,6,16H2,1-2H3,(H,17,18,19). The number of aromatic nitrogens is 2. The summed E-state index contributed by atoms with van der Waals surface area (Å²) < 4.78 is 13.8. The van der Waals surface area contributed by atoms with Gasteiger partial charge in [0.05, 0.1) is 15.9 Å². The first-order valence-electron chi connectivity index (χ1n) is 5.76. The molecule has 1 aromatic heterocycles. The van der Waals surface area contributed by atoms with Crippen LogP contribution in [-0.4, -0.2) is 9.97 Å². The van der Waals surface area contributed by atoms with Gasteiger partial charge in [-0.2, -0.15) is 0 Å². The molecule has 1 heterocycles. The fraction of sp³-hybridized carbons (Fsp3) is 0.231. The van der Waals surface area contributed by atoms with Crippen LogP contribution in [0.4, 0.5) is 15.9 Å². The van der Waals surface area contributed by atoms with Crippen molar-refractivity contribution in [2.24, 2.45) is 0 Å². The van der Waals surface area contributed by atoms with Gasteiger partial charge in [-0.15, -0.1) is 0 Å². The SMILES string of the molecule is Cc1nc(C)c(N)c(NCc2ccc(Br)c(F)c2)n1. The van der Waals surface area contributed by atoms with Crippen molar-refractivity contribution in [3.8, 4) is 0 Å². The number of anilines is 2. The second kappa shape index (κ2) is 5.52. The average molecular weight is 325 g/mol. The minimum atomic E-state index is -0.290. The molecule has 100 valence electrons. The number of rotatable bonds is 3. The van der Waals surface area contributed by atoms with Crippen molar-refractivity contribution in [3.63, 3.8) is 0 Å². The summed E-state index contributed by atoms with van der Waals surface area (Å²) >= 11 is 3.12. The Kier molecular flexibility index (Phi) is 3.99. The highest BCUT2D eigenvalue weighted by Gasteiger charge is 2.07. The second-order valence-corrected chi connectivity index (χ2v) is 5.07. The van der Waals surface area contributed by atoms with Crippen LogP contribution in [0.25, 0.3) is 0 Å². The number of aryl methyl sites for hydroxylation is 2. The van der Waals surface area contributed by atoms with Gasteiger partial charge in [-0.25, -0.2) is 14.4 Å². The topological polar surface area (TPSA) is 63.8 Å². The van der Waals surface area contributed by atoms with Crippen LogP contribution in [0.1, 0.15) is 17.1 Å². The van der Waals surface area contributed by atoms with Crippen LogP contribution < -0.4 is 11.1 Å². The van der Waals surface area contributed by atoms with E-state index in [0.29, 0.717) is 28.3 Å². The van der Waals surface area contributed by atoms with Crippen LogP contribution in [0.5, 0.6) is 0 Å². The molecule has 4 nitrogen and oxygen atoms in total. The van der Waals surface area contributed by atoms with Gasteiger partial charge in [0.1, 0.15) is 11.6 Å².